The normalized spacial score (nSPS) is 10.2. The number of nitrogens with one attached hydrogen (secondary N) is 1. The number of hydrogen-bond donors (Lipinski definition) is 1. The molecule has 130 valence electrons. The second-order valence-corrected chi connectivity index (χ2v) is 5.57. The van der Waals surface area contributed by atoms with Crippen molar-refractivity contribution in [3.8, 4) is 17.5 Å². The predicted molar refractivity (Wildman–Crippen MR) is 94.0 cm³/mol. The number of halogens is 2. The SMILES string of the molecule is N#CCOc1cc(F)ccc1NC(=O)c1cnn(-c2ccccc2Cl)c1. The number of aromatic nitrogens is 2. The molecule has 3 aromatic rings. The van der Waals surface area contributed by atoms with E-state index < -0.39 is 11.7 Å². The molecule has 1 heterocycles. The first kappa shape index (κ1) is 17.5. The van der Waals surface area contributed by atoms with E-state index in [1.54, 1.807) is 30.3 Å². The van der Waals surface area contributed by atoms with Crippen LogP contribution in [0.1, 0.15) is 10.4 Å². The predicted octanol–water partition coefficient (Wildman–Crippen LogP) is 3.82. The van der Waals surface area contributed by atoms with Gasteiger partial charge < -0.3 is 10.1 Å². The van der Waals surface area contributed by atoms with Crippen molar-refractivity contribution in [1.82, 2.24) is 9.78 Å². The van der Waals surface area contributed by atoms with Crippen LogP contribution in [0.2, 0.25) is 5.02 Å². The van der Waals surface area contributed by atoms with Crippen LogP contribution in [0.25, 0.3) is 5.69 Å². The van der Waals surface area contributed by atoms with Gasteiger partial charge in [0.05, 0.1) is 28.2 Å². The minimum Gasteiger partial charge on any atom is -0.476 e. The summed E-state index contributed by atoms with van der Waals surface area (Å²) in [7, 11) is 0. The van der Waals surface area contributed by atoms with E-state index in [1.165, 1.54) is 29.2 Å². The standard InChI is InChI=1S/C18H12ClFN4O2/c19-14-3-1-2-4-16(14)24-11-12(10-22-24)18(25)23-15-6-5-13(20)9-17(15)26-8-7-21/h1-6,9-11H,8H2,(H,23,25). The van der Waals surface area contributed by atoms with Crippen LogP contribution < -0.4 is 10.1 Å². The molecule has 26 heavy (non-hydrogen) atoms. The lowest BCUT2D eigenvalue weighted by atomic mass is 10.2. The molecule has 0 saturated heterocycles. The fourth-order valence-electron chi connectivity index (χ4n) is 2.23. The molecule has 0 aliphatic carbocycles. The maximum atomic E-state index is 13.4. The molecule has 8 heteroatoms. The van der Waals surface area contributed by atoms with Crippen LogP contribution in [-0.2, 0) is 0 Å². The zero-order valence-electron chi connectivity index (χ0n) is 13.3. The summed E-state index contributed by atoms with van der Waals surface area (Å²) in [5, 5.41) is 15.8. The van der Waals surface area contributed by atoms with Crippen LogP contribution in [0, 0.1) is 17.1 Å². The van der Waals surface area contributed by atoms with E-state index in [2.05, 4.69) is 10.4 Å². The number of benzene rings is 2. The highest BCUT2D eigenvalue weighted by atomic mass is 35.5. The summed E-state index contributed by atoms with van der Waals surface area (Å²) in [5.41, 5.74) is 1.16. The quantitative estimate of drug-likeness (QED) is 0.740. The Kier molecular flexibility index (Phi) is 5.15. The van der Waals surface area contributed by atoms with Gasteiger partial charge in [0.15, 0.2) is 6.61 Å². The first-order valence-electron chi connectivity index (χ1n) is 7.48. The third-order valence-corrected chi connectivity index (χ3v) is 3.75. The van der Waals surface area contributed by atoms with Gasteiger partial charge in [-0.25, -0.2) is 9.07 Å². The molecule has 6 nitrogen and oxygen atoms in total. The van der Waals surface area contributed by atoms with Crippen molar-refractivity contribution >= 4 is 23.2 Å². The van der Waals surface area contributed by atoms with Crippen molar-refractivity contribution in [2.75, 3.05) is 11.9 Å². The largest absolute Gasteiger partial charge is 0.476 e. The topological polar surface area (TPSA) is 79.9 Å². The molecular formula is C18H12ClFN4O2. The van der Waals surface area contributed by atoms with Crippen molar-refractivity contribution in [3.63, 3.8) is 0 Å². The molecule has 0 unspecified atom stereocenters. The molecule has 0 radical (unpaired) electrons. The second kappa shape index (κ2) is 7.68. The Morgan fingerprint density at radius 2 is 2.15 bits per heavy atom. The summed E-state index contributed by atoms with van der Waals surface area (Å²) in [6, 6.07) is 12.5. The lowest BCUT2D eigenvalue weighted by molar-refractivity contribution is 0.102. The number of carbonyl (C=O) groups excluding carboxylic acids is 1. The average Bonchev–Trinajstić information content (AvgIpc) is 3.12. The van der Waals surface area contributed by atoms with Gasteiger partial charge in [-0.15, -0.1) is 0 Å². The van der Waals surface area contributed by atoms with Crippen molar-refractivity contribution in [1.29, 1.82) is 5.26 Å². The number of nitrogens with zero attached hydrogens (tertiary/aromatic N) is 3. The van der Waals surface area contributed by atoms with Gasteiger partial charge >= 0.3 is 0 Å². The fourth-order valence-corrected chi connectivity index (χ4v) is 2.46. The van der Waals surface area contributed by atoms with E-state index in [1.807, 2.05) is 0 Å². The molecule has 0 fully saturated rings. The Labute approximate surface area is 153 Å². The summed E-state index contributed by atoms with van der Waals surface area (Å²) in [5.74, 6) is -0.933. The van der Waals surface area contributed by atoms with Gasteiger partial charge in [-0.2, -0.15) is 10.4 Å². The monoisotopic (exact) mass is 370 g/mol. The third-order valence-electron chi connectivity index (χ3n) is 3.43. The summed E-state index contributed by atoms with van der Waals surface area (Å²) < 4.78 is 20.0. The Morgan fingerprint density at radius 1 is 1.35 bits per heavy atom. The Hall–Kier alpha value is -3.37. The van der Waals surface area contributed by atoms with Crippen LogP contribution >= 0.6 is 11.6 Å². The number of nitriles is 1. The Balaban J connectivity index is 1.82. The van der Waals surface area contributed by atoms with Gasteiger partial charge in [0, 0.05) is 12.3 Å². The van der Waals surface area contributed by atoms with Gasteiger partial charge in [-0.3, -0.25) is 4.79 Å². The number of hydrogen-bond acceptors (Lipinski definition) is 4. The van der Waals surface area contributed by atoms with Crippen LogP contribution in [0.15, 0.2) is 54.9 Å². The van der Waals surface area contributed by atoms with Crippen LogP contribution in [0.5, 0.6) is 5.75 Å². The number of amides is 1. The van der Waals surface area contributed by atoms with Crippen molar-refractivity contribution in [2.24, 2.45) is 0 Å². The van der Waals surface area contributed by atoms with Gasteiger partial charge in [-0.1, -0.05) is 23.7 Å². The van der Waals surface area contributed by atoms with Gasteiger partial charge in [0.25, 0.3) is 5.91 Å². The summed E-state index contributed by atoms with van der Waals surface area (Å²) in [6.45, 7) is -0.267. The maximum Gasteiger partial charge on any atom is 0.258 e. The van der Waals surface area contributed by atoms with Crippen LogP contribution in [0.4, 0.5) is 10.1 Å². The number of carbonyl (C=O) groups is 1. The number of ether oxygens (including phenoxy) is 1. The minimum atomic E-state index is -0.539. The fraction of sp³-hybridized carbons (Fsp3) is 0.0556. The molecule has 0 aliphatic rings. The van der Waals surface area contributed by atoms with Crippen molar-refractivity contribution in [3.05, 3.63) is 71.3 Å². The maximum absolute atomic E-state index is 13.4. The van der Waals surface area contributed by atoms with Crippen molar-refractivity contribution < 1.29 is 13.9 Å². The van der Waals surface area contributed by atoms with Gasteiger partial charge in [0.1, 0.15) is 17.6 Å². The van der Waals surface area contributed by atoms with E-state index in [-0.39, 0.29) is 23.6 Å². The zero-order chi connectivity index (χ0) is 18.5. The number of para-hydroxylation sites is 1. The summed E-state index contributed by atoms with van der Waals surface area (Å²) >= 11 is 6.12. The lowest BCUT2D eigenvalue weighted by Crippen LogP contribution is -2.12. The van der Waals surface area contributed by atoms with Crippen LogP contribution in [0.3, 0.4) is 0 Å². The molecular weight excluding hydrogens is 359 g/mol. The van der Waals surface area contributed by atoms with Crippen LogP contribution in [-0.4, -0.2) is 22.3 Å². The third kappa shape index (κ3) is 3.82. The van der Waals surface area contributed by atoms with Crippen molar-refractivity contribution in [2.45, 2.75) is 0 Å². The highest BCUT2D eigenvalue weighted by Crippen LogP contribution is 2.26. The molecule has 0 spiro atoms. The smallest absolute Gasteiger partial charge is 0.258 e. The first-order valence-corrected chi connectivity index (χ1v) is 7.86. The Bertz CT molecular complexity index is 997. The van der Waals surface area contributed by atoms with E-state index in [0.717, 1.165) is 6.07 Å². The molecule has 1 N–H and O–H groups in total. The second-order valence-electron chi connectivity index (χ2n) is 5.17. The Morgan fingerprint density at radius 3 is 2.92 bits per heavy atom. The number of rotatable bonds is 5. The average molecular weight is 371 g/mol. The van der Waals surface area contributed by atoms with Gasteiger partial charge in [-0.05, 0) is 24.3 Å². The first-order chi connectivity index (χ1) is 12.6. The molecule has 0 aliphatic heterocycles. The van der Waals surface area contributed by atoms with E-state index in [0.29, 0.717) is 10.7 Å². The summed E-state index contributed by atoms with van der Waals surface area (Å²) in [6.07, 6.45) is 2.91. The molecule has 0 saturated carbocycles. The van der Waals surface area contributed by atoms with E-state index >= 15 is 0 Å². The van der Waals surface area contributed by atoms with Gasteiger partial charge in [0.2, 0.25) is 0 Å². The molecule has 1 aromatic heterocycles. The minimum absolute atomic E-state index is 0.0680. The molecule has 0 atom stereocenters. The zero-order valence-corrected chi connectivity index (χ0v) is 14.1. The highest BCUT2D eigenvalue weighted by molar-refractivity contribution is 6.32. The molecule has 1 amide bonds. The molecule has 3 rings (SSSR count). The van der Waals surface area contributed by atoms with E-state index in [4.69, 9.17) is 21.6 Å². The number of anilines is 1. The molecule has 0 bridgehead atoms. The lowest BCUT2D eigenvalue weighted by Gasteiger charge is -2.10. The molecule has 2 aromatic carbocycles. The highest BCUT2D eigenvalue weighted by Gasteiger charge is 2.14. The summed E-state index contributed by atoms with van der Waals surface area (Å²) in [4.78, 5) is 12.4. The van der Waals surface area contributed by atoms with E-state index in [9.17, 15) is 9.18 Å².